The molecule has 0 aromatic heterocycles. The maximum absolute atomic E-state index is 3.95. The van der Waals surface area contributed by atoms with Crippen molar-refractivity contribution >= 4 is 39.8 Å². The average Bonchev–Trinajstić information content (AvgIpc) is 2.89. The zero-order chi connectivity index (χ0) is 19.9. The van der Waals surface area contributed by atoms with Crippen molar-refractivity contribution in [2.45, 2.75) is 32.6 Å². The lowest BCUT2D eigenvalue weighted by molar-refractivity contribution is 0.659. The van der Waals surface area contributed by atoms with Gasteiger partial charge in [-0.25, -0.2) is 0 Å². The van der Waals surface area contributed by atoms with Crippen LogP contribution < -0.4 is 10.4 Å². The topological polar surface area (TPSA) is 0 Å². The van der Waals surface area contributed by atoms with Gasteiger partial charge in [0, 0.05) is 9.84 Å². The zero-order valence-corrected chi connectivity index (χ0v) is 19.1. The number of fused-ring (bicyclic) bond motifs is 2. The van der Waals surface area contributed by atoms with E-state index in [0.29, 0.717) is 5.92 Å². The van der Waals surface area contributed by atoms with Gasteiger partial charge in [0.2, 0.25) is 0 Å². The van der Waals surface area contributed by atoms with Gasteiger partial charge in [-0.1, -0.05) is 111 Å². The van der Waals surface area contributed by atoms with Gasteiger partial charge < -0.3 is 0 Å². The highest BCUT2D eigenvalue weighted by molar-refractivity contribution is 14.1. The van der Waals surface area contributed by atoms with E-state index >= 15 is 0 Å². The van der Waals surface area contributed by atoms with E-state index in [-0.39, 0.29) is 5.41 Å². The summed E-state index contributed by atoms with van der Waals surface area (Å²) >= 11 is 2.44. The van der Waals surface area contributed by atoms with Gasteiger partial charge in [0.25, 0.3) is 0 Å². The number of rotatable bonds is 3. The molecular weight excluding hydrogens is 451 g/mol. The van der Waals surface area contributed by atoms with Gasteiger partial charge in [0.05, 0.1) is 0 Å². The molecule has 0 saturated carbocycles. The first-order valence-electron chi connectivity index (χ1n) is 10.0. The Balaban J connectivity index is 1.97. The highest BCUT2D eigenvalue weighted by atomic mass is 127. The van der Waals surface area contributed by atoms with Crippen LogP contribution >= 0.6 is 22.6 Å². The minimum Gasteiger partial charge on any atom is -0.0990 e. The van der Waals surface area contributed by atoms with Crippen LogP contribution in [0.4, 0.5) is 0 Å². The molecule has 0 spiro atoms. The number of halogens is 1. The van der Waals surface area contributed by atoms with Crippen LogP contribution in [0.3, 0.4) is 0 Å². The summed E-state index contributed by atoms with van der Waals surface area (Å²) < 4.78 is 1.02. The Morgan fingerprint density at radius 3 is 2.71 bits per heavy atom. The fraction of sp³-hybridized carbons (Fsp3) is 0.259. The minimum atomic E-state index is 0.0117. The maximum Gasteiger partial charge on any atom is 0.0182 e. The third kappa shape index (κ3) is 3.14. The van der Waals surface area contributed by atoms with Gasteiger partial charge in [-0.2, -0.15) is 0 Å². The second-order valence-electron chi connectivity index (χ2n) is 8.39. The largest absolute Gasteiger partial charge is 0.0990 e. The maximum atomic E-state index is 3.95. The van der Waals surface area contributed by atoms with E-state index in [0.717, 1.165) is 10.8 Å². The zero-order valence-electron chi connectivity index (χ0n) is 16.9. The molecule has 0 bridgehead atoms. The number of hydrogen-bond acceptors (Lipinski definition) is 0. The van der Waals surface area contributed by atoms with Gasteiger partial charge >= 0.3 is 0 Å². The molecule has 2 aliphatic carbocycles. The molecule has 0 aliphatic heterocycles. The molecule has 0 radical (unpaired) electrons. The molecule has 0 N–H and O–H groups in total. The number of benzene rings is 2. The van der Waals surface area contributed by atoms with E-state index in [1.807, 2.05) is 6.08 Å². The smallest absolute Gasteiger partial charge is 0.0182 e. The van der Waals surface area contributed by atoms with Crippen molar-refractivity contribution in [3.05, 3.63) is 100.0 Å². The fourth-order valence-corrected chi connectivity index (χ4v) is 5.28. The highest BCUT2D eigenvalue weighted by Gasteiger charge is 2.37. The summed E-state index contributed by atoms with van der Waals surface area (Å²) in [7, 11) is 0. The third-order valence-electron chi connectivity index (χ3n) is 6.14. The van der Waals surface area contributed by atoms with Crippen molar-refractivity contribution in [3.8, 4) is 0 Å². The third-order valence-corrected chi connectivity index (χ3v) is 6.58. The molecule has 1 unspecified atom stereocenters. The van der Waals surface area contributed by atoms with E-state index in [1.54, 1.807) is 0 Å². The van der Waals surface area contributed by atoms with Gasteiger partial charge in [-0.3, -0.25) is 0 Å². The Labute approximate surface area is 182 Å². The monoisotopic (exact) mass is 478 g/mol. The predicted octanol–water partition coefficient (Wildman–Crippen LogP) is 5.93. The second kappa shape index (κ2) is 7.51. The summed E-state index contributed by atoms with van der Waals surface area (Å²) in [5, 5.41) is 2.76. The van der Waals surface area contributed by atoms with Crippen LogP contribution in [0.2, 0.25) is 0 Å². The molecule has 2 aliphatic rings. The SMILES string of the molecule is C=C/C=C1\C(=C/CI)C(C)(C)c2cc(C3=c4ccccc4=CC(C)C3)ccc21. The lowest BCUT2D eigenvalue weighted by Gasteiger charge is -2.23. The summed E-state index contributed by atoms with van der Waals surface area (Å²) in [4.78, 5) is 0. The molecule has 0 nitrogen and oxygen atoms in total. The van der Waals surface area contributed by atoms with E-state index in [2.05, 4.69) is 111 Å². The van der Waals surface area contributed by atoms with E-state index in [9.17, 15) is 0 Å². The molecule has 28 heavy (non-hydrogen) atoms. The van der Waals surface area contributed by atoms with Gasteiger partial charge in [0.1, 0.15) is 0 Å². The van der Waals surface area contributed by atoms with Gasteiger partial charge in [-0.15, -0.1) is 0 Å². The summed E-state index contributed by atoms with van der Waals surface area (Å²) in [5.74, 6) is 0.567. The quantitative estimate of drug-likeness (QED) is 0.379. The van der Waals surface area contributed by atoms with Crippen molar-refractivity contribution in [1.82, 2.24) is 0 Å². The highest BCUT2D eigenvalue weighted by Crippen LogP contribution is 2.50. The van der Waals surface area contributed by atoms with Crippen LogP contribution in [0.1, 0.15) is 43.9 Å². The molecule has 1 atom stereocenters. The molecular formula is C27H27I. The summed E-state index contributed by atoms with van der Waals surface area (Å²) in [6, 6.07) is 15.9. The lowest BCUT2D eigenvalue weighted by Crippen LogP contribution is -2.31. The van der Waals surface area contributed by atoms with Crippen LogP contribution in [0.15, 0.2) is 72.8 Å². The Hall–Kier alpha value is -1.87. The van der Waals surface area contributed by atoms with Crippen molar-refractivity contribution < 1.29 is 0 Å². The van der Waals surface area contributed by atoms with Crippen molar-refractivity contribution in [2.24, 2.45) is 5.92 Å². The van der Waals surface area contributed by atoms with Crippen LogP contribution in [-0.4, -0.2) is 4.43 Å². The Bertz CT molecular complexity index is 1130. The van der Waals surface area contributed by atoms with Crippen molar-refractivity contribution in [1.29, 1.82) is 0 Å². The second-order valence-corrected chi connectivity index (χ2v) is 9.27. The van der Waals surface area contributed by atoms with Gasteiger partial charge in [-0.05, 0) is 62.3 Å². The van der Waals surface area contributed by atoms with Crippen LogP contribution in [-0.2, 0) is 5.41 Å². The summed E-state index contributed by atoms with van der Waals surface area (Å²) in [6.07, 6.45) is 9.96. The summed E-state index contributed by atoms with van der Waals surface area (Å²) in [6.45, 7) is 11.0. The first kappa shape index (κ1) is 19.4. The number of alkyl halides is 1. The molecule has 0 saturated heterocycles. The molecule has 2 aromatic carbocycles. The fourth-order valence-electron chi connectivity index (χ4n) is 4.84. The summed E-state index contributed by atoms with van der Waals surface area (Å²) in [5.41, 5.74) is 8.39. The first-order chi connectivity index (χ1) is 13.5. The molecule has 142 valence electrons. The molecule has 4 rings (SSSR count). The number of hydrogen-bond donors (Lipinski definition) is 0. The molecule has 2 aromatic rings. The molecule has 0 fully saturated rings. The van der Waals surface area contributed by atoms with Crippen molar-refractivity contribution in [2.75, 3.05) is 4.43 Å². The number of allylic oxidation sites excluding steroid dienone is 5. The van der Waals surface area contributed by atoms with Crippen molar-refractivity contribution in [3.63, 3.8) is 0 Å². The van der Waals surface area contributed by atoms with Gasteiger partial charge in [0.15, 0.2) is 0 Å². The van der Waals surface area contributed by atoms with E-state index in [4.69, 9.17) is 0 Å². The minimum absolute atomic E-state index is 0.0117. The predicted molar refractivity (Wildman–Crippen MR) is 131 cm³/mol. The van der Waals surface area contributed by atoms with E-state index in [1.165, 1.54) is 43.8 Å². The molecule has 0 heterocycles. The molecule has 0 amide bonds. The lowest BCUT2D eigenvalue weighted by atomic mass is 9.80. The Kier molecular flexibility index (Phi) is 5.22. The molecule has 1 heteroatoms. The average molecular weight is 478 g/mol. The first-order valence-corrected chi connectivity index (χ1v) is 11.5. The standard InChI is InChI=1S/C27H27I/c1-5-8-22-23-12-11-20(17-26(23)27(3,4)25(22)13-14-28)24-16-18(2)15-19-9-6-7-10-21(19)24/h5-13,15,17-18H,1,14,16H2,2-4H3/b22-8-,25-13+. The Morgan fingerprint density at radius 2 is 1.96 bits per heavy atom. The van der Waals surface area contributed by atoms with Crippen LogP contribution in [0, 0.1) is 5.92 Å². The van der Waals surface area contributed by atoms with Crippen LogP contribution in [0.5, 0.6) is 0 Å². The normalized spacial score (nSPS) is 22.7. The Morgan fingerprint density at radius 1 is 1.18 bits per heavy atom. The van der Waals surface area contributed by atoms with E-state index < -0.39 is 0 Å². The van der Waals surface area contributed by atoms with Crippen LogP contribution in [0.25, 0.3) is 17.2 Å².